The van der Waals surface area contributed by atoms with Gasteiger partial charge in [0.2, 0.25) is 0 Å². The van der Waals surface area contributed by atoms with Gasteiger partial charge in [-0.1, -0.05) is 38.2 Å². The van der Waals surface area contributed by atoms with Crippen LogP contribution in [-0.4, -0.2) is 18.9 Å². The van der Waals surface area contributed by atoms with E-state index in [4.69, 9.17) is 7.57 Å². The van der Waals surface area contributed by atoms with Crippen LogP contribution in [0.25, 0.3) is 0 Å². The van der Waals surface area contributed by atoms with Gasteiger partial charge in [-0.3, -0.25) is 0 Å². The molecule has 0 saturated heterocycles. The Labute approximate surface area is 60.8 Å². The van der Waals surface area contributed by atoms with Crippen molar-refractivity contribution in [2.75, 3.05) is 6.16 Å². The van der Waals surface area contributed by atoms with E-state index in [9.17, 15) is 0 Å². The maximum Gasteiger partial charge on any atom is -0.0563 e. The van der Waals surface area contributed by atoms with E-state index in [1.54, 1.807) is 0 Å². The Hall–Kier alpha value is 0.235. The molecule has 0 saturated carbocycles. The van der Waals surface area contributed by atoms with Gasteiger partial charge in [0.25, 0.3) is 0 Å². The number of rotatable bonds is 2. The van der Waals surface area contributed by atoms with Crippen molar-refractivity contribution in [2.45, 2.75) is 25.9 Å². The van der Waals surface area contributed by atoms with Crippen LogP contribution < -0.4 is 0 Å². The van der Waals surface area contributed by atoms with Gasteiger partial charge >= 0.3 is 0 Å². The number of hydrogen-bond donors (Lipinski definition) is 0. The molecule has 0 rings (SSSR count). The molecule has 0 aliphatic carbocycles. The lowest BCUT2D eigenvalue weighted by atomic mass is 10.3. The first-order valence-electron chi connectivity index (χ1n) is 3.11. The van der Waals surface area contributed by atoms with Crippen molar-refractivity contribution >= 4 is 15.4 Å². The maximum atomic E-state index is 5.85. The van der Waals surface area contributed by atoms with Crippen LogP contribution in [-0.2, 0) is 0 Å². The molecule has 1 unspecified atom stereocenters. The first-order valence-corrected chi connectivity index (χ1v) is 4.71. The van der Waals surface area contributed by atoms with E-state index in [2.05, 4.69) is 27.4 Å². The lowest BCUT2D eigenvalue weighted by Crippen LogP contribution is -2.12. The molecule has 0 fully saturated rings. The molecule has 3 radical (unpaired) electrons. The highest BCUT2D eigenvalue weighted by Gasteiger charge is 2.06. The monoisotopic (exact) mass is 140 g/mol. The van der Waals surface area contributed by atoms with Crippen LogP contribution in [0.3, 0.4) is 0 Å². The van der Waals surface area contributed by atoms with Crippen molar-refractivity contribution < 1.29 is 0 Å². The quantitative estimate of drug-likeness (QED) is 0.314. The highest BCUT2D eigenvalue weighted by molar-refractivity contribution is 7.83. The van der Waals surface area contributed by atoms with E-state index in [0.29, 0.717) is 0 Å². The van der Waals surface area contributed by atoms with Gasteiger partial charge in [0, 0.05) is 0 Å². The van der Waals surface area contributed by atoms with Crippen molar-refractivity contribution in [2.24, 2.45) is 0 Å². The van der Waals surface area contributed by atoms with Gasteiger partial charge in [-0.25, -0.2) is 0 Å². The first-order chi connectivity index (χ1) is 3.98. The second-order valence-electron chi connectivity index (χ2n) is 3.11. The summed E-state index contributed by atoms with van der Waals surface area (Å²) in [7, 11) is 5.52. The molecule has 0 amide bonds. The molecule has 0 aliphatic heterocycles. The fraction of sp³-hybridized carbons (Fsp3) is 0.714. The Morgan fingerprint density at radius 1 is 1.56 bits per heavy atom. The van der Waals surface area contributed by atoms with Crippen LogP contribution in [0.2, 0.25) is 0 Å². The van der Waals surface area contributed by atoms with Gasteiger partial charge in [0.1, 0.15) is 0 Å². The van der Waals surface area contributed by atoms with Crippen LogP contribution in [0.4, 0.5) is 0 Å². The molecule has 0 N–H and O–H groups in total. The molecule has 0 heterocycles. The Morgan fingerprint density at radius 3 is 2.11 bits per heavy atom. The van der Waals surface area contributed by atoms with Gasteiger partial charge < -0.3 is 15.4 Å². The molecule has 0 aromatic heterocycles. The van der Waals surface area contributed by atoms with Gasteiger partial charge in [-0.15, -0.1) is 6.58 Å². The molecule has 0 bridgehead atoms. The Bertz CT molecular complexity index is 93.6. The average molecular weight is 140 g/mol. The van der Waals surface area contributed by atoms with Crippen molar-refractivity contribution in [3.8, 4) is 0 Å². The maximum absolute atomic E-state index is 5.85. The van der Waals surface area contributed by atoms with Crippen molar-refractivity contribution in [1.29, 1.82) is 0 Å². The molecule has 0 aromatic carbocycles. The molecular formula is C7H14BP-. The Kier molecular flexibility index (Phi) is 3.50. The summed E-state index contributed by atoms with van der Waals surface area (Å²) in [5, 5.41) is 0.281. The fourth-order valence-electron chi connectivity index (χ4n) is 0.413. The molecule has 0 spiro atoms. The van der Waals surface area contributed by atoms with Crippen molar-refractivity contribution in [1.82, 2.24) is 0 Å². The molecular weight excluding hydrogens is 126 g/mol. The zero-order valence-electron chi connectivity index (χ0n) is 6.52. The predicted octanol–water partition coefficient (Wildman–Crippen LogP) is 2.54. The van der Waals surface area contributed by atoms with E-state index in [0.717, 1.165) is 6.16 Å². The molecule has 2 heteroatoms. The summed E-state index contributed by atoms with van der Waals surface area (Å²) in [6.07, 6.45) is 2.87. The molecule has 0 aromatic rings. The second-order valence-corrected chi connectivity index (χ2v) is 5.76. The summed E-state index contributed by atoms with van der Waals surface area (Å²) in [5.74, 6) is 0. The van der Waals surface area contributed by atoms with E-state index < -0.39 is 0 Å². The largest absolute Gasteiger partial charge is 0.578 e. The standard InChI is InChI=1S/C7H14BP/c1-5-6-9(8)7(2,3)4/h5H,1,6H2,2-4H3/q-1. The minimum atomic E-state index is -0.340. The molecule has 51 valence electrons. The van der Waals surface area contributed by atoms with Gasteiger partial charge in [-0.05, 0) is 0 Å². The molecule has 0 aliphatic rings. The van der Waals surface area contributed by atoms with Crippen LogP contribution in [0, 0.1) is 0 Å². The summed E-state index contributed by atoms with van der Waals surface area (Å²) in [6, 6.07) is 0. The average Bonchev–Trinajstić information content (AvgIpc) is 1.64. The summed E-state index contributed by atoms with van der Waals surface area (Å²) in [4.78, 5) is 0. The second kappa shape index (κ2) is 3.41. The van der Waals surface area contributed by atoms with Crippen LogP contribution in [0.1, 0.15) is 20.8 Å². The number of hydrogen-bond acceptors (Lipinski definition) is 0. The fourth-order valence-corrected chi connectivity index (χ4v) is 1.24. The van der Waals surface area contributed by atoms with Gasteiger partial charge in [0.15, 0.2) is 0 Å². The smallest absolute Gasteiger partial charge is 0.0563 e. The topological polar surface area (TPSA) is 0 Å². The van der Waals surface area contributed by atoms with Gasteiger partial charge in [-0.2, -0.15) is 0 Å². The van der Waals surface area contributed by atoms with E-state index in [1.807, 2.05) is 6.08 Å². The Morgan fingerprint density at radius 2 is 2.00 bits per heavy atom. The Balaban J connectivity index is 3.72. The van der Waals surface area contributed by atoms with E-state index >= 15 is 0 Å². The lowest BCUT2D eigenvalue weighted by Gasteiger charge is -2.40. The van der Waals surface area contributed by atoms with Crippen molar-refractivity contribution in [3.63, 3.8) is 0 Å². The minimum Gasteiger partial charge on any atom is -0.578 e. The summed E-state index contributed by atoms with van der Waals surface area (Å²) in [5.41, 5.74) is 0. The zero-order chi connectivity index (χ0) is 7.49. The van der Waals surface area contributed by atoms with E-state index in [-0.39, 0.29) is 13.0 Å². The summed E-state index contributed by atoms with van der Waals surface area (Å²) < 4.78 is 0. The van der Waals surface area contributed by atoms with Crippen molar-refractivity contribution in [3.05, 3.63) is 12.7 Å². The van der Waals surface area contributed by atoms with Crippen LogP contribution in [0.5, 0.6) is 0 Å². The third-order valence-electron chi connectivity index (χ3n) is 1.19. The third-order valence-corrected chi connectivity index (χ3v) is 3.56. The normalized spacial score (nSPS) is 15.1. The molecule has 1 atom stereocenters. The first kappa shape index (κ1) is 9.23. The molecule has 0 nitrogen and oxygen atoms in total. The highest BCUT2D eigenvalue weighted by Crippen LogP contribution is 2.44. The van der Waals surface area contributed by atoms with E-state index in [1.165, 1.54) is 0 Å². The SMILES string of the molecule is [B-]P(CC=C)C(C)(C)C. The zero-order valence-corrected chi connectivity index (χ0v) is 7.41. The van der Waals surface area contributed by atoms with Gasteiger partial charge in [0.05, 0.1) is 0 Å². The summed E-state index contributed by atoms with van der Waals surface area (Å²) in [6.45, 7) is 10.2. The third kappa shape index (κ3) is 3.75. The highest BCUT2D eigenvalue weighted by atomic mass is 31.1. The van der Waals surface area contributed by atoms with Crippen LogP contribution >= 0.6 is 7.80 Å². The minimum absolute atomic E-state index is 0.281. The lowest BCUT2D eigenvalue weighted by molar-refractivity contribution is 0.792. The predicted molar refractivity (Wildman–Crippen MR) is 47.5 cm³/mol. The summed E-state index contributed by atoms with van der Waals surface area (Å²) >= 11 is 0. The van der Waals surface area contributed by atoms with Crippen LogP contribution in [0.15, 0.2) is 12.7 Å². The molecule has 9 heavy (non-hydrogen) atoms. The number of allylic oxidation sites excluding steroid dienone is 1.